The Bertz CT molecular complexity index is 125. The van der Waals surface area contributed by atoms with Crippen LogP contribution in [0.5, 0.6) is 0 Å². The highest BCUT2D eigenvalue weighted by Crippen LogP contribution is 2.04. The molecule has 0 saturated heterocycles. The molecule has 0 aliphatic heterocycles. The van der Waals surface area contributed by atoms with E-state index < -0.39 is 5.97 Å². The van der Waals surface area contributed by atoms with E-state index in [1.807, 2.05) is 0 Å². The fraction of sp³-hybridized carbons (Fsp3) is 0.900. The van der Waals surface area contributed by atoms with Gasteiger partial charge in [-0.25, -0.2) is 0 Å². The first kappa shape index (κ1) is 13.8. The minimum absolute atomic E-state index is 0.184. The molecule has 0 aliphatic rings. The van der Waals surface area contributed by atoms with Crippen LogP contribution in [0.1, 0.15) is 33.1 Å². The maximum Gasteiger partial charge on any atom is 0.281 e. The van der Waals surface area contributed by atoms with Gasteiger partial charge in [-0.1, -0.05) is 26.7 Å². The topological polar surface area (TPSA) is 58.9 Å². The lowest BCUT2D eigenvalue weighted by Crippen LogP contribution is -2.32. The predicted molar refractivity (Wildman–Crippen MR) is 53.4 cm³/mol. The number of aliphatic hydroxyl groups is 2. The molecule has 0 aromatic heterocycles. The van der Waals surface area contributed by atoms with E-state index in [0.29, 0.717) is 13.2 Å². The summed E-state index contributed by atoms with van der Waals surface area (Å²) in [6, 6.07) is 0. The van der Waals surface area contributed by atoms with E-state index in [4.69, 9.17) is 19.7 Å². The van der Waals surface area contributed by atoms with Crippen molar-refractivity contribution in [2.75, 3.05) is 19.8 Å². The molecule has 0 spiro atoms. The van der Waals surface area contributed by atoms with E-state index in [0.717, 1.165) is 12.8 Å². The molecule has 0 amide bonds. The Balaban J connectivity index is 3.13. The third kappa shape index (κ3) is 8.44. The molecular formula is C10H21O4. The first-order chi connectivity index (χ1) is 6.62. The largest absolute Gasteiger partial charge is 0.379 e. The summed E-state index contributed by atoms with van der Waals surface area (Å²) >= 11 is 0. The summed E-state index contributed by atoms with van der Waals surface area (Å²) in [4.78, 5) is 0. The monoisotopic (exact) mass is 205 g/mol. The number of hydrogen-bond acceptors (Lipinski definition) is 4. The van der Waals surface area contributed by atoms with E-state index >= 15 is 0 Å². The molecule has 0 bridgehead atoms. The van der Waals surface area contributed by atoms with Gasteiger partial charge in [-0.3, -0.25) is 0 Å². The van der Waals surface area contributed by atoms with Crippen molar-refractivity contribution >= 4 is 0 Å². The molecule has 2 N–H and O–H groups in total. The highest BCUT2D eigenvalue weighted by Gasteiger charge is 2.20. The summed E-state index contributed by atoms with van der Waals surface area (Å²) in [5.74, 6) is -2.12. The molecule has 0 aliphatic carbocycles. The van der Waals surface area contributed by atoms with Crippen molar-refractivity contribution in [1.29, 1.82) is 0 Å². The van der Waals surface area contributed by atoms with Crippen LogP contribution in [0.3, 0.4) is 0 Å². The van der Waals surface area contributed by atoms with Crippen LogP contribution in [0.15, 0.2) is 0 Å². The van der Waals surface area contributed by atoms with Crippen molar-refractivity contribution in [2.24, 2.45) is 0 Å². The Morgan fingerprint density at radius 2 is 1.86 bits per heavy atom. The summed E-state index contributed by atoms with van der Waals surface area (Å²) in [5.41, 5.74) is 0. The fourth-order valence-corrected chi connectivity index (χ4v) is 0.890. The summed E-state index contributed by atoms with van der Waals surface area (Å²) in [6.45, 7) is 4.93. The van der Waals surface area contributed by atoms with Gasteiger partial charge in [0.15, 0.2) is 0 Å². The molecule has 14 heavy (non-hydrogen) atoms. The lowest BCUT2D eigenvalue weighted by Gasteiger charge is -2.19. The summed E-state index contributed by atoms with van der Waals surface area (Å²) in [6.07, 6.45) is 4.54. The van der Waals surface area contributed by atoms with Crippen LogP contribution in [0.4, 0.5) is 0 Å². The van der Waals surface area contributed by atoms with Crippen LogP contribution in [0.2, 0.25) is 0 Å². The highest BCUT2D eigenvalue weighted by atomic mass is 16.8. The third-order valence-electron chi connectivity index (χ3n) is 1.81. The maximum absolute atomic E-state index is 8.99. The van der Waals surface area contributed by atoms with E-state index in [9.17, 15) is 0 Å². The molecule has 0 heterocycles. The van der Waals surface area contributed by atoms with E-state index in [-0.39, 0.29) is 6.61 Å². The Kier molecular flexibility index (Phi) is 8.08. The molecule has 4 nitrogen and oxygen atoms in total. The average Bonchev–Trinajstić information content (AvgIpc) is 2.16. The van der Waals surface area contributed by atoms with Crippen LogP contribution in [-0.2, 0) is 9.47 Å². The second-order valence-corrected chi connectivity index (χ2v) is 3.12. The molecule has 0 aromatic rings. The van der Waals surface area contributed by atoms with Gasteiger partial charge in [-0.15, -0.1) is 0 Å². The van der Waals surface area contributed by atoms with Crippen molar-refractivity contribution in [3.05, 3.63) is 6.42 Å². The van der Waals surface area contributed by atoms with Gasteiger partial charge in [0, 0.05) is 13.0 Å². The molecule has 0 atom stereocenters. The van der Waals surface area contributed by atoms with Gasteiger partial charge in [-0.2, -0.15) is 0 Å². The van der Waals surface area contributed by atoms with Gasteiger partial charge in [0.1, 0.15) is 0 Å². The zero-order valence-electron chi connectivity index (χ0n) is 9.03. The lowest BCUT2D eigenvalue weighted by molar-refractivity contribution is -0.316. The van der Waals surface area contributed by atoms with Crippen LogP contribution in [0.25, 0.3) is 0 Å². The van der Waals surface area contributed by atoms with Crippen molar-refractivity contribution in [1.82, 2.24) is 0 Å². The molecule has 1 radical (unpaired) electrons. The lowest BCUT2D eigenvalue weighted by atomic mass is 10.3. The van der Waals surface area contributed by atoms with Gasteiger partial charge in [0.05, 0.1) is 13.2 Å². The first-order valence-corrected chi connectivity index (χ1v) is 5.09. The molecule has 85 valence electrons. The summed E-state index contributed by atoms with van der Waals surface area (Å²) in [7, 11) is 0. The number of rotatable bonds is 9. The minimum Gasteiger partial charge on any atom is -0.379 e. The molecule has 4 heteroatoms. The Hall–Kier alpha value is -0.160. The standard InChI is InChI=1S/C10H21O4/c1-3-5-6-7-13-8-9-14-10(11,12)4-2/h4,11-12H,3,5-9H2,1-2H3. The Labute approximate surface area is 85.8 Å². The van der Waals surface area contributed by atoms with E-state index in [2.05, 4.69) is 6.92 Å². The van der Waals surface area contributed by atoms with Gasteiger partial charge >= 0.3 is 0 Å². The van der Waals surface area contributed by atoms with Crippen molar-refractivity contribution in [2.45, 2.75) is 39.1 Å². The SMILES string of the molecule is C[CH]C(O)(O)OCCOCCCCC. The van der Waals surface area contributed by atoms with E-state index in [1.54, 1.807) is 0 Å². The van der Waals surface area contributed by atoms with Crippen LogP contribution in [-0.4, -0.2) is 36.0 Å². The second-order valence-electron chi connectivity index (χ2n) is 3.12. The van der Waals surface area contributed by atoms with Crippen molar-refractivity contribution < 1.29 is 19.7 Å². The zero-order chi connectivity index (χ0) is 10.9. The van der Waals surface area contributed by atoms with Crippen molar-refractivity contribution in [3.63, 3.8) is 0 Å². The third-order valence-corrected chi connectivity index (χ3v) is 1.81. The fourth-order valence-electron chi connectivity index (χ4n) is 0.890. The maximum atomic E-state index is 8.99. The van der Waals surface area contributed by atoms with Gasteiger partial charge in [0.2, 0.25) is 0 Å². The Morgan fingerprint density at radius 1 is 1.14 bits per heavy atom. The van der Waals surface area contributed by atoms with E-state index in [1.165, 1.54) is 19.8 Å². The molecule has 0 unspecified atom stereocenters. The second kappa shape index (κ2) is 8.17. The number of hydrogen-bond donors (Lipinski definition) is 2. The molecule has 0 aromatic carbocycles. The Morgan fingerprint density at radius 3 is 2.43 bits per heavy atom. The normalized spacial score (nSPS) is 12.0. The van der Waals surface area contributed by atoms with Crippen LogP contribution >= 0.6 is 0 Å². The van der Waals surface area contributed by atoms with Crippen molar-refractivity contribution in [3.8, 4) is 0 Å². The predicted octanol–water partition coefficient (Wildman–Crippen LogP) is 1.07. The summed E-state index contributed by atoms with van der Waals surface area (Å²) in [5, 5.41) is 18.0. The molecule has 0 saturated carbocycles. The smallest absolute Gasteiger partial charge is 0.281 e. The number of unbranched alkanes of at least 4 members (excludes halogenated alkanes) is 2. The summed E-state index contributed by atoms with van der Waals surface area (Å²) < 4.78 is 9.93. The minimum atomic E-state index is -2.12. The highest BCUT2D eigenvalue weighted by molar-refractivity contribution is 4.66. The molecule has 0 rings (SSSR count). The first-order valence-electron chi connectivity index (χ1n) is 5.09. The molecular weight excluding hydrogens is 184 g/mol. The quantitative estimate of drug-likeness (QED) is 0.436. The van der Waals surface area contributed by atoms with Gasteiger partial charge < -0.3 is 19.7 Å². The zero-order valence-corrected chi connectivity index (χ0v) is 9.03. The molecule has 0 fully saturated rings. The van der Waals surface area contributed by atoms with Crippen LogP contribution < -0.4 is 0 Å². The average molecular weight is 205 g/mol. The van der Waals surface area contributed by atoms with Crippen LogP contribution in [0, 0.1) is 6.42 Å². The van der Waals surface area contributed by atoms with Gasteiger partial charge in [-0.05, 0) is 6.42 Å². The number of ether oxygens (including phenoxy) is 2. The van der Waals surface area contributed by atoms with Gasteiger partial charge in [0.25, 0.3) is 5.97 Å².